The summed E-state index contributed by atoms with van der Waals surface area (Å²) in [6.07, 6.45) is 6.50. The second-order valence-electron chi connectivity index (χ2n) is 8.20. The van der Waals surface area contributed by atoms with E-state index in [1.807, 2.05) is 36.4 Å². The second kappa shape index (κ2) is 9.65. The van der Waals surface area contributed by atoms with Gasteiger partial charge in [0.25, 0.3) is 5.91 Å². The largest absolute Gasteiger partial charge is 0.468 e. The van der Waals surface area contributed by atoms with Gasteiger partial charge in [0.1, 0.15) is 12.6 Å². The highest BCUT2D eigenvalue weighted by Gasteiger charge is 2.37. The molecular formula is C25H27ClN2O3. The third-order valence-electron chi connectivity index (χ3n) is 6.20. The van der Waals surface area contributed by atoms with Crippen molar-refractivity contribution < 1.29 is 14.3 Å². The molecule has 5 nitrogen and oxygen atoms in total. The molecule has 31 heavy (non-hydrogen) atoms. The van der Waals surface area contributed by atoms with Crippen LogP contribution in [0.3, 0.4) is 0 Å². The molecule has 0 saturated heterocycles. The number of hydrogen-bond donors (Lipinski definition) is 0. The minimum atomic E-state index is -0.538. The molecule has 1 atom stereocenters. The average Bonchev–Trinajstić information content (AvgIpc) is 3.12. The molecule has 1 unspecified atom stereocenters. The third-order valence-corrected chi connectivity index (χ3v) is 6.44. The zero-order valence-corrected chi connectivity index (χ0v) is 18.5. The fourth-order valence-electron chi connectivity index (χ4n) is 4.59. The Morgan fingerprint density at radius 2 is 1.81 bits per heavy atom. The Morgan fingerprint density at radius 1 is 1.10 bits per heavy atom. The molecule has 1 amide bonds. The Labute approximate surface area is 188 Å². The number of benzene rings is 2. The van der Waals surface area contributed by atoms with Gasteiger partial charge in [-0.05, 0) is 37.0 Å². The highest BCUT2D eigenvalue weighted by Crippen LogP contribution is 2.35. The van der Waals surface area contributed by atoms with Gasteiger partial charge >= 0.3 is 5.97 Å². The lowest BCUT2D eigenvalue weighted by atomic mass is 9.91. The van der Waals surface area contributed by atoms with Crippen molar-refractivity contribution in [1.29, 1.82) is 0 Å². The number of amides is 1. The van der Waals surface area contributed by atoms with E-state index in [9.17, 15) is 9.59 Å². The van der Waals surface area contributed by atoms with E-state index in [0.29, 0.717) is 10.7 Å². The predicted octanol–water partition coefficient (Wildman–Crippen LogP) is 5.04. The summed E-state index contributed by atoms with van der Waals surface area (Å²) in [6.45, 7) is -0.148. The summed E-state index contributed by atoms with van der Waals surface area (Å²) < 4.78 is 4.90. The van der Waals surface area contributed by atoms with E-state index in [-0.39, 0.29) is 18.4 Å². The number of halogens is 1. The molecule has 6 heteroatoms. The number of aliphatic imine (C=N–C) groups is 1. The van der Waals surface area contributed by atoms with Crippen molar-refractivity contribution in [3.63, 3.8) is 0 Å². The van der Waals surface area contributed by atoms with Gasteiger partial charge in [0.15, 0.2) is 0 Å². The quantitative estimate of drug-likeness (QED) is 0.496. The summed E-state index contributed by atoms with van der Waals surface area (Å²) in [5.41, 5.74) is 3.07. The van der Waals surface area contributed by atoms with Crippen LogP contribution < -0.4 is 4.90 Å². The lowest BCUT2D eigenvalue weighted by molar-refractivity contribution is -0.140. The highest BCUT2D eigenvalue weighted by atomic mass is 35.5. The molecule has 1 saturated carbocycles. The monoisotopic (exact) mass is 438 g/mol. The number of ether oxygens (including phenoxy) is 1. The van der Waals surface area contributed by atoms with Crippen LogP contribution in [0, 0.1) is 5.92 Å². The molecule has 1 aliphatic heterocycles. The molecule has 2 aromatic rings. The minimum absolute atomic E-state index is 0.146. The van der Waals surface area contributed by atoms with Gasteiger partial charge in [-0.15, -0.1) is 0 Å². The smallest absolute Gasteiger partial charge is 0.325 e. The van der Waals surface area contributed by atoms with Crippen LogP contribution in [0.1, 0.15) is 49.7 Å². The molecule has 1 heterocycles. The number of carbonyl (C=O) groups excluding carboxylic acids is 2. The van der Waals surface area contributed by atoms with Crippen LogP contribution in [-0.2, 0) is 14.3 Å². The normalized spacial score (nSPS) is 19.8. The molecule has 1 aliphatic carbocycles. The standard InChI is InChI=1S/C25H27ClN2O3/c1-31-22(29)16-28-21-14-13-19(26)15-20(21)23(17-9-7-4-8-10-17)27-24(25(28)30)18-11-5-2-3-6-12-18/h4,7-10,13-15,18,24H,2-3,5-6,11-12,16H2,1H3. The number of methoxy groups -OCH3 is 1. The first-order valence-electron chi connectivity index (χ1n) is 10.9. The van der Waals surface area contributed by atoms with E-state index in [2.05, 4.69) is 0 Å². The summed E-state index contributed by atoms with van der Waals surface area (Å²) in [5, 5.41) is 0.556. The van der Waals surface area contributed by atoms with Crippen molar-refractivity contribution in [3.8, 4) is 0 Å². The molecule has 0 radical (unpaired) electrons. The van der Waals surface area contributed by atoms with Gasteiger partial charge in [0, 0.05) is 16.1 Å². The first-order chi connectivity index (χ1) is 15.1. The molecular weight excluding hydrogens is 412 g/mol. The van der Waals surface area contributed by atoms with Gasteiger partial charge in [0.2, 0.25) is 0 Å². The molecule has 0 bridgehead atoms. The maximum atomic E-state index is 13.8. The number of esters is 1. The number of benzodiazepines with no additional fused rings is 1. The van der Waals surface area contributed by atoms with Crippen LogP contribution >= 0.6 is 11.6 Å². The van der Waals surface area contributed by atoms with E-state index in [0.717, 1.165) is 42.5 Å². The van der Waals surface area contributed by atoms with Gasteiger partial charge < -0.3 is 4.74 Å². The summed E-state index contributed by atoms with van der Waals surface area (Å²) in [6, 6.07) is 14.7. The number of rotatable bonds is 4. The highest BCUT2D eigenvalue weighted by molar-refractivity contribution is 6.32. The van der Waals surface area contributed by atoms with Crippen molar-refractivity contribution >= 4 is 34.9 Å². The lowest BCUT2D eigenvalue weighted by Crippen LogP contribution is -2.44. The molecule has 2 aliphatic rings. The zero-order valence-electron chi connectivity index (χ0n) is 17.7. The summed E-state index contributed by atoms with van der Waals surface area (Å²) in [7, 11) is 1.34. The Balaban J connectivity index is 1.89. The van der Waals surface area contributed by atoms with E-state index < -0.39 is 12.0 Å². The van der Waals surface area contributed by atoms with Crippen LogP contribution in [0.4, 0.5) is 5.69 Å². The SMILES string of the molecule is COC(=O)CN1C(=O)C(C2CCCCCC2)N=C(c2ccccc2)c2cc(Cl)ccc21. The molecule has 4 rings (SSSR count). The van der Waals surface area contributed by atoms with Crippen LogP contribution in [-0.4, -0.2) is 37.3 Å². The number of nitrogens with zero attached hydrogens (tertiary/aromatic N) is 2. The first kappa shape index (κ1) is 21.6. The number of hydrogen-bond acceptors (Lipinski definition) is 4. The van der Waals surface area contributed by atoms with E-state index in [4.69, 9.17) is 21.3 Å². The number of anilines is 1. The third kappa shape index (κ3) is 4.67. The maximum Gasteiger partial charge on any atom is 0.325 e. The summed E-state index contributed by atoms with van der Waals surface area (Å²) in [4.78, 5) is 32.6. The molecule has 1 fully saturated rings. The van der Waals surface area contributed by atoms with Crippen molar-refractivity contribution in [2.24, 2.45) is 10.9 Å². The zero-order chi connectivity index (χ0) is 21.8. The fourth-order valence-corrected chi connectivity index (χ4v) is 4.76. The van der Waals surface area contributed by atoms with E-state index in [1.165, 1.54) is 24.9 Å². The van der Waals surface area contributed by atoms with Gasteiger partial charge in [-0.25, -0.2) is 0 Å². The van der Waals surface area contributed by atoms with E-state index >= 15 is 0 Å². The summed E-state index contributed by atoms with van der Waals surface area (Å²) in [5.74, 6) is -0.456. The molecule has 162 valence electrons. The maximum absolute atomic E-state index is 13.8. The van der Waals surface area contributed by atoms with Crippen LogP contribution in [0.2, 0.25) is 5.02 Å². The Morgan fingerprint density at radius 3 is 2.48 bits per heavy atom. The first-order valence-corrected chi connectivity index (χ1v) is 11.3. The molecule has 0 aromatic heterocycles. The Hall–Kier alpha value is -2.66. The predicted molar refractivity (Wildman–Crippen MR) is 123 cm³/mol. The number of fused-ring (bicyclic) bond motifs is 1. The summed E-state index contributed by atoms with van der Waals surface area (Å²) >= 11 is 6.36. The van der Waals surface area contributed by atoms with Crippen molar-refractivity contribution in [3.05, 3.63) is 64.7 Å². The second-order valence-corrected chi connectivity index (χ2v) is 8.64. The van der Waals surface area contributed by atoms with Crippen molar-refractivity contribution in [2.75, 3.05) is 18.6 Å². The average molecular weight is 439 g/mol. The van der Waals surface area contributed by atoms with Gasteiger partial charge in [0.05, 0.1) is 18.5 Å². The van der Waals surface area contributed by atoms with Crippen molar-refractivity contribution in [2.45, 2.75) is 44.6 Å². The Kier molecular flexibility index (Phi) is 6.71. The lowest BCUT2D eigenvalue weighted by Gasteiger charge is -2.27. The molecule has 0 spiro atoms. The minimum Gasteiger partial charge on any atom is -0.468 e. The molecule has 0 N–H and O–H groups in total. The van der Waals surface area contributed by atoms with Crippen LogP contribution in [0.25, 0.3) is 0 Å². The number of carbonyl (C=O) groups is 2. The van der Waals surface area contributed by atoms with E-state index in [1.54, 1.807) is 12.1 Å². The topological polar surface area (TPSA) is 59.0 Å². The van der Waals surface area contributed by atoms with Gasteiger partial charge in [-0.2, -0.15) is 0 Å². The fraction of sp³-hybridized carbons (Fsp3) is 0.400. The van der Waals surface area contributed by atoms with Crippen molar-refractivity contribution in [1.82, 2.24) is 0 Å². The van der Waals surface area contributed by atoms with Gasteiger partial charge in [-0.1, -0.05) is 67.6 Å². The van der Waals surface area contributed by atoms with Crippen LogP contribution in [0.5, 0.6) is 0 Å². The van der Waals surface area contributed by atoms with Gasteiger partial charge in [-0.3, -0.25) is 19.5 Å². The van der Waals surface area contributed by atoms with Crippen LogP contribution in [0.15, 0.2) is 53.5 Å². The molecule has 2 aromatic carbocycles. The Bertz CT molecular complexity index is 982.